The summed E-state index contributed by atoms with van der Waals surface area (Å²) >= 11 is 3.16. The van der Waals surface area contributed by atoms with Crippen LogP contribution in [0.5, 0.6) is 0 Å². The Hall–Kier alpha value is 0.150. The van der Waals surface area contributed by atoms with Gasteiger partial charge in [0.1, 0.15) is 5.83 Å². The fourth-order valence-electron chi connectivity index (χ4n) is 0.832. The molecule has 0 saturated carbocycles. The first-order valence-corrected chi connectivity index (χ1v) is 3.63. The normalized spacial score (nSPS) is 21.8. The van der Waals surface area contributed by atoms with E-state index >= 15 is 0 Å². The quantitative estimate of drug-likeness (QED) is 0.535. The largest absolute Gasteiger partial charge is 0.211 e. The number of hydrogen-bond acceptors (Lipinski definition) is 0. The van der Waals surface area contributed by atoms with Crippen molar-refractivity contribution in [2.75, 3.05) is 0 Å². The van der Waals surface area contributed by atoms with E-state index in [9.17, 15) is 4.39 Å². The van der Waals surface area contributed by atoms with Crippen LogP contribution in [0.4, 0.5) is 4.39 Å². The second-order valence-electron chi connectivity index (χ2n) is 2.02. The molecule has 0 unspecified atom stereocenters. The molecule has 1 aliphatic rings. The molecule has 0 aromatic heterocycles. The minimum atomic E-state index is 0.0521. The summed E-state index contributed by atoms with van der Waals surface area (Å²) in [6.07, 6.45) is 3.68. The highest BCUT2D eigenvalue weighted by Gasteiger charge is 2.08. The van der Waals surface area contributed by atoms with Gasteiger partial charge >= 0.3 is 0 Å². The number of allylic oxidation sites excluding steroid dienone is 2. The van der Waals surface area contributed by atoms with E-state index in [1.165, 1.54) is 0 Å². The summed E-state index contributed by atoms with van der Waals surface area (Å²) in [5.74, 6) is 0.0521. The van der Waals surface area contributed by atoms with Gasteiger partial charge in [-0.2, -0.15) is 0 Å². The Morgan fingerprint density at radius 3 is 2.25 bits per heavy atom. The summed E-state index contributed by atoms with van der Waals surface area (Å²) in [5.41, 5.74) is 0. The van der Waals surface area contributed by atoms with Gasteiger partial charge in [-0.05, 0) is 19.3 Å². The summed E-state index contributed by atoms with van der Waals surface area (Å²) in [6.45, 7) is 0. The van der Waals surface area contributed by atoms with Crippen LogP contribution in [-0.4, -0.2) is 0 Å². The summed E-state index contributed by atoms with van der Waals surface area (Å²) < 4.78 is 13.2. The SMILES string of the molecule is FC1=C(Br)CCCC1. The number of halogens is 2. The van der Waals surface area contributed by atoms with Crippen molar-refractivity contribution >= 4 is 15.9 Å². The van der Waals surface area contributed by atoms with Gasteiger partial charge in [0.15, 0.2) is 0 Å². The van der Waals surface area contributed by atoms with Crippen LogP contribution in [0, 0.1) is 0 Å². The summed E-state index contributed by atoms with van der Waals surface area (Å²) in [7, 11) is 0. The second-order valence-corrected chi connectivity index (χ2v) is 2.97. The van der Waals surface area contributed by atoms with Crippen molar-refractivity contribution < 1.29 is 4.39 Å². The van der Waals surface area contributed by atoms with Gasteiger partial charge in [-0.15, -0.1) is 0 Å². The molecule has 46 valence electrons. The maximum Gasteiger partial charge on any atom is 0.110 e. The standard InChI is InChI=1S/C6H8BrF/c7-5-3-1-2-4-6(5)8/h1-4H2. The van der Waals surface area contributed by atoms with Crippen molar-refractivity contribution in [1.29, 1.82) is 0 Å². The molecule has 1 rings (SSSR count). The summed E-state index contributed by atoms with van der Waals surface area (Å²) in [4.78, 5) is 0. The lowest BCUT2D eigenvalue weighted by Gasteiger charge is -2.07. The van der Waals surface area contributed by atoms with Crippen LogP contribution in [-0.2, 0) is 0 Å². The Morgan fingerprint density at radius 2 is 1.88 bits per heavy atom. The minimum Gasteiger partial charge on any atom is -0.211 e. The van der Waals surface area contributed by atoms with Crippen LogP contribution in [0.1, 0.15) is 25.7 Å². The van der Waals surface area contributed by atoms with Crippen LogP contribution < -0.4 is 0 Å². The lowest BCUT2D eigenvalue weighted by molar-refractivity contribution is 0.530. The van der Waals surface area contributed by atoms with Crippen molar-refractivity contribution in [1.82, 2.24) is 0 Å². The third kappa shape index (κ3) is 1.31. The van der Waals surface area contributed by atoms with E-state index in [0.29, 0.717) is 6.42 Å². The molecule has 0 N–H and O–H groups in total. The Kier molecular flexibility index (Phi) is 2.06. The molecular formula is C6H8BrF. The predicted molar refractivity (Wildman–Crippen MR) is 35.5 cm³/mol. The fourth-order valence-corrected chi connectivity index (χ4v) is 1.31. The minimum absolute atomic E-state index is 0.0521. The highest BCUT2D eigenvalue weighted by atomic mass is 79.9. The molecule has 0 fully saturated rings. The molecule has 2 heteroatoms. The maximum absolute atomic E-state index is 12.4. The van der Waals surface area contributed by atoms with E-state index in [1.807, 2.05) is 0 Å². The molecule has 0 aromatic carbocycles. The maximum atomic E-state index is 12.4. The molecule has 0 aromatic rings. The molecule has 0 aliphatic heterocycles. The molecule has 0 nitrogen and oxygen atoms in total. The van der Waals surface area contributed by atoms with Crippen molar-refractivity contribution in [2.45, 2.75) is 25.7 Å². The Labute approximate surface area is 56.9 Å². The van der Waals surface area contributed by atoms with Gasteiger partial charge in [0.05, 0.1) is 0 Å². The van der Waals surface area contributed by atoms with Crippen molar-refractivity contribution in [3.63, 3.8) is 0 Å². The Bertz CT molecular complexity index is 104. The molecule has 0 radical (unpaired) electrons. The van der Waals surface area contributed by atoms with E-state index in [4.69, 9.17) is 0 Å². The van der Waals surface area contributed by atoms with Gasteiger partial charge < -0.3 is 0 Å². The molecule has 0 heterocycles. The van der Waals surface area contributed by atoms with Gasteiger partial charge in [0, 0.05) is 10.9 Å². The molecular weight excluding hydrogens is 171 g/mol. The number of rotatable bonds is 0. The molecule has 8 heavy (non-hydrogen) atoms. The van der Waals surface area contributed by atoms with Gasteiger partial charge in [-0.3, -0.25) is 0 Å². The van der Waals surface area contributed by atoms with Crippen LogP contribution in [0.25, 0.3) is 0 Å². The predicted octanol–water partition coefficient (Wildman–Crippen LogP) is 3.14. The molecule has 0 atom stereocenters. The molecule has 0 saturated heterocycles. The van der Waals surface area contributed by atoms with E-state index in [-0.39, 0.29) is 5.83 Å². The van der Waals surface area contributed by atoms with Gasteiger partial charge in [0.2, 0.25) is 0 Å². The monoisotopic (exact) mass is 178 g/mol. The number of hydrogen-bond donors (Lipinski definition) is 0. The van der Waals surface area contributed by atoms with Crippen molar-refractivity contribution in [2.24, 2.45) is 0 Å². The summed E-state index contributed by atoms with van der Waals surface area (Å²) in [5, 5.41) is 0. The molecule has 0 spiro atoms. The van der Waals surface area contributed by atoms with Crippen molar-refractivity contribution in [3.05, 3.63) is 10.3 Å². The fraction of sp³-hybridized carbons (Fsp3) is 0.667. The zero-order chi connectivity index (χ0) is 5.98. The zero-order valence-corrected chi connectivity index (χ0v) is 6.17. The van der Waals surface area contributed by atoms with Crippen LogP contribution in [0.15, 0.2) is 10.3 Å². The van der Waals surface area contributed by atoms with E-state index in [0.717, 1.165) is 23.7 Å². The topological polar surface area (TPSA) is 0 Å². The third-order valence-electron chi connectivity index (χ3n) is 1.34. The smallest absolute Gasteiger partial charge is 0.110 e. The van der Waals surface area contributed by atoms with Gasteiger partial charge in [-0.1, -0.05) is 15.9 Å². The first-order chi connectivity index (χ1) is 3.80. The van der Waals surface area contributed by atoms with Gasteiger partial charge in [-0.25, -0.2) is 4.39 Å². The van der Waals surface area contributed by atoms with E-state index < -0.39 is 0 Å². The van der Waals surface area contributed by atoms with E-state index in [1.54, 1.807) is 0 Å². The lowest BCUT2D eigenvalue weighted by atomic mass is 10.1. The summed E-state index contributed by atoms with van der Waals surface area (Å²) in [6, 6.07) is 0. The molecule has 0 amide bonds. The third-order valence-corrected chi connectivity index (χ3v) is 2.16. The average molecular weight is 179 g/mol. The molecule has 1 aliphatic carbocycles. The van der Waals surface area contributed by atoms with Crippen molar-refractivity contribution in [3.8, 4) is 0 Å². The molecule has 0 bridgehead atoms. The Morgan fingerprint density at radius 1 is 1.25 bits per heavy atom. The first kappa shape index (κ1) is 6.27. The lowest BCUT2D eigenvalue weighted by Crippen LogP contribution is -1.89. The average Bonchev–Trinajstić information content (AvgIpc) is 1.77. The zero-order valence-electron chi connectivity index (χ0n) is 4.58. The first-order valence-electron chi connectivity index (χ1n) is 2.84. The van der Waals surface area contributed by atoms with Crippen LogP contribution >= 0.6 is 15.9 Å². The van der Waals surface area contributed by atoms with Gasteiger partial charge in [0.25, 0.3) is 0 Å². The highest BCUT2D eigenvalue weighted by molar-refractivity contribution is 9.11. The highest BCUT2D eigenvalue weighted by Crippen LogP contribution is 2.28. The van der Waals surface area contributed by atoms with E-state index in [2.05, 4.69) is 15.9 Å². The van der Waals surface area contributed by atoms with Crippen LogP contribution in [0.2, 0.25) is 0 Å². The second kappa shape index (κ2) is 2.62. The Balaban J connectivity index is 2.60. The van der Waals surface area contributed by atoms with Crippen LogP contribution in [0.3, 0.4) is 0 Å².